The summed E-state index contributed by atoms with van der Waals surface area (Å²) in [6.07, 6.45) is 1.90. The van der Waals surface area contributed by atoms with Crippen LogP contribution in [0, 0.1) is 11.3 Å². The number of amides is 2. The molecule has 2 amide bonds. The molecule has 4 rings (SSSR count). The molecule has 0 unspecified atom stereocenters. The number of nitrogens with one attached hydrogen (secondary N) is 1. The van der Waals surface area contributed by atoms with Crippen molar-refractivity contribution in [3.63, 3.8) is 0 Å². The van der Waals surface area contributed by atoms with Crippen molar-refractivity contribution in [2.45, 2.75) is 12.8 Å². The number of hydrogen-bond acceptors (Lipinski definition) is 3. The normalized spacial score (nSPS) is 15.0. The van der Waals surface area contributed by atoms with Gasteiger partial charge in [0.1, 0.15) is 0 Å². The van der Waals surface area contributed by atoms with E-state index in [0.29, 0.717) is 17.8 Å². The van der Waals surface area contributed by atoms with E-state index in [1.54, 1.807) is 29.2 Å². The number of anilines is 3. The lowest BCUT2D eigenvalue weighted by Gasteiger charge is -2.19. The van der Waals surface area contributed by atoms with E-state index < -0.39 is 0 Å². The maximum atomic E-state index is 12.7. The van der Waals surface area contributed by atoms with E-state index >= 15 is 0 Å². The Morgan fingerprint density at radius 3 is 2.71 bits per heavy atom. The number of carbonyl (C=O) groups excluding carboxylic acids is 1. The highest BCUT2D eigenvalue weighted by atomic mass is 16.2. The molecule has 5 nitrogen and oxygen atoms in total. The van der Waals surface area contributed by atoms with Gasteiger partial charge in [-0.05, 0) is 54.3 Å². The molecule has 24 heavy (non-hydrogen) atoms. The first-order chi connectivity index (χ1) is 11.7. The summed E-state index contributed by atoms with van der Waals surface area (Å²) in [5, 5.41) is 11.9. The fourth-order valence-corrected chi connectivity index (χ4v) is 3.50. The molecule has 2 aliphatic heterocycles. The van der Waals surface area contributed by atoms with Crippen molar-refractivity contribution in [1.29, 1.82) is 5.26 Å². The van der Waals surface area contributed by atoms with E-state index in [1.165, 1.54) is 16.8 Å². The lowest BCUT2D eigenvalue weighted by atomic mass is 10.1. The number of fused-ring (bicyclic) bond motifs is 2. The van der Waals surface area contributed by atoms with Crippen molar-refractivity contribution in [2.75, 3.05) is 35.3 Å². The summed E-state index contributed by atoms with van der Waals surface area (Å²) >= 11 is 0. The minimum atomic E-state index is -0.143. The van der Waals surface area contributed by atoms with Crippen molar-refractivity contribution >= 4 is 23.1 Å². The summed E-state index contributed by atoms with van der Waals surface area (Å²) in [5.41, 5.74) is 6.02. The maximum absolute atomic E-state index is 12.7. The predicted octanol–water partition coefficient (Wildman–Crippen LogP) is 3.15. The van der Waals surface area contributed by atoms with Gasteiger partial charge in [0.25, 0.3) is 0 Å². The molecule has 2 aromatic rings. The monoisotopic (exact) mass is 318 g/mol. The van der Waals surface area contributed by atoms with Gasteiger partial charge in [-0.1, -0.05) is 6.07 Å². The molecule has 0 aromatic heterocycles. The zero-order valence-corrected chi connectivity index (χ0v) is 13.5. The van der Waals surface area contributed by atoms with Crippen LogP contribution in [-0.4, -0.2) is 26.2 Å². The van der Waals surface area contributed by atoms with Crippen LogP contribution < -0.4 is 15.1 Å². The molecular weight excluding hydrogens is 300 g/mol. The van der Waals surface area contributed by atoms with Crippen LogP contribution in [0.5, 0.6) is 0 Å². The van der Waals surface area contributed by atoms with Crippen LogP contribution >= 0.6 is 0 Å². The summed E-state index contributed by atoms with van der Waals surface area (Å²) < 4.78 is 0. The molecule has 0 fully saturated rings. The Morgan fingerprint density at radius 1 is 1.12 bits per heavy atom. The Kier molecular flexibility index (Phi) is 3.39. The van der Waals surface area contributed by atoms with Crippen LogP contribution in [0.1, 0.15) is 16.7 Å². The van der Waals surface area contributed by atoms with Gasteiger partial charge in [0.2, 0.25) is 0 Å². The van der Waals surface area contributed by atoms with E-state index in [1.807, 2.05) is 0 Å². The molecule has 0 bridgehead atoms. The SMILES string of the molecule is CN1CCc2cc3c(cc21)CCN3C(=O)Nc1cccc(C#N)c1. The second kappa shape index (κ2) is 5.57. The second-order valence-electron chi connectivity index (χ2n) is 6.31. The Morgan fingerprint density at radius 2 is 1.88 bits per heavy atom. The highest BCUT2D eigenvalue weighted by Gasteiger charge is 2.28. The fourth-order valence-electron chi connectivity index (χ4n) is 3.50. The lowest BCUT2D eigenvalue weighted by Crippen LogP contribution is -2.33. The van der Waals surface area contributed by atoms with Gasteiger partial charge in [0.15, 0.2) is 0 Å². The number of nitriles is 1. The smallest absolute Gasteiger partial charge is 0.326 e. The van der Waals surface area contributed by atoms with E-state index in [-0.39, 0.29) is 6.03 Å². The van der Waals surface area contributed by atoms with Gasteiger partial charge in [0, 0.05) is 37.2 Å². The zero-order valence-electron chi connectivity index (χ0n) is 13.5. The quantitative estimate of drug-likeness (QED) is 0.879. The first-order valence-electron chi connectivity index (χ1n) is 8.11. The third-order valence-corrected chi connectivity index (χ3v) is 4.79. The van der Waals surface area contributed by atoms with Crippen molar-refractivity contribution in [2.24, 2.45) is 0 Å². The minimum absolute atomic E-state index is 0.143. The lowest BCUT2D eigenvalue weighted by molar-refractivity contribution is 0.257. The molecule has 0 atom stereocenters. The second-order valence-corrected chi connectivity index (χ2v) is 6.31. The molecule has 2 aromatic carbocycles. The van der Waals surface area contributed by atoms with Crippen LogP contribution in [0.15, 0.2) is 36.4 Å². The standard InChI is InChI=1S/C19H18N4O/c1-22-7-5-14-11-18-15(10-17(14)22)6-8-23(18)19(24)21-16-4-2-3-13(9-16)12-20/h2-4,9-11H,5-8H2,1H3,(H,21,24). The van der Waals surface area contributed by atoms with Crippen molar-refractivity contribution in [1.82, 2.24) is 0 Å². The van der Waals surface area contributed by atoms with Gasteiger partial charge in [-0.15, -0.1) is 0 Å². The van der Waals surface area contributed by atoms with Crippen LogP contribution in [0.2, 0.25) is 0 Å². The number of carbonyl (C=O) groups is 1. The molecule has 1 N–H and O–H groups in total. The summed E-state index contributed by atoms with van der Waals surface area (Å²) in [6, 6.07) is 13.3. The number of rotatable bonds is 1. The first kappa shape index (κ1) is 14.6. The molecule has 0 spiro atoms. The molecule has 2 aliphatic rings. The minimum Gasteiger partial charge on any atom is -0.374 e. The van der Waals surface area contributed by atoms with Gasteiger partial charge in [-0.3, -0.25) is 4.90 Å². The molecule has 0 aliphatic carbocycles. The number of urea groups is 1. The Balaban J connectivity index is 1.59. The van der Waals surface area contributed by atoms with Crippen molar-refractivity contribution in [3.8, 4) is 6.07 Å². The van der Waals surface area contributed by atoms with Crippen molar-refractivity contribution < 1.29 is 4.79 Å². The summed E-state index contributed by atoms with van der Waals surface area (Å²) in [5.74, 6) is 0. The Labute approximate surface area is 141 Å². The summed E-state index contributed by atoms with van der Waals surface area (Å²) in [6.45, 7) is 1.72. The topological polar surface area (TPSA) is 59.4 Å². The van der Waals surface area contributed by atoms with Gasteiger partial charge in [-0.25, -0.2) is 4.79 Å². The highest BCUT2D eigenvalue weighted by Crippen LogP contribution is 2.37. The molecular formula is C19H18N4O. The van der Waals surface area contributed by atoms with E-state index in [4.69, 9.17) is 5.26 Å². The Bertz CT molecular complexity index is 868. The Hall–Kier alpha value is -3.00. The molecule has 0 saturated heterocycles. The van der Waals surface area contributed by atoms with Gasteiger partial charge >= 0.3 is 6.03 Å². The largest absolute Gasteiger partial charge is 0.374 e. The average Bonchev–Trinajstić information content (AvgIpc) is 3.17. The van der Waals surface area contributed by atoms with Crippen LogP contribution in [0.4, 0.5) is 21.9 Å². The van der Waals surface area contributed by atoms with Crippen molar-refractivity contribution in [3.05, 3.63) is 53.1 Å². The average molecular weight is 318 g/mol. The number of benzene rings is 2. The van der Waals surface area contributed by atoms with E-state index in [9.17, 15) is 4.79 Å². The van der Waals surface area contributed by atoms with Crippen LogP contribution in [0.25, 0.3) is 0 Å². The zero-order chi connectivity index (χ0) is 16.7. The summed E-state index contributed by atoms with van der Waals surface area (Å²) in [4.78, 5) is 16.7. The highest BCUT2D eigenvalue weighted by molar-refractivity contribution is 6.03. The fraction of sp³-hybridized carbons (Fsp3) is 0.263. The summed E-state index contributed by atoms with van der Waals surface area (Å²) in [7, 11) is 2.11. The molecule has 120 valence electrons. The molecule has 0 saturated carbocycles. The third-order valence-electron chi connectivity index (χ3n) is 4.79. The number of hydrogen-bond donors (Lipinski definition) is 1. The first-order valence-corrected chi connectivity index (χ1v) is 8.11. The number of nitrogens with zero attached hydrogens (tertiary/aromatic N) is 3. The molecule has 0 radical (unpaired) electrons. The third kappa shape index (κ3) is 2.37. The van der Waals surface area contributed by atoms with E-state index in [0.717, 1.165) is 25.1 Å². The van der Waals surface area contributed by atoms with Gasteiger partial charge in [0.05, 0.1) is 11.6 Å². The van der Waals surface area contributed by atoms with Gasteiger partial charge < -0.3 is 10.2 Å². The molecule has 5 heteroatoms. The van der Waals surface area contributed by atoms with E-state index in [2.05, 4.69) is 35.5 Å². The molecule has 2 heterocycles. The number of likely N-dealkylation sites (N-methyl/N-ethyl adjacent to an activating group) is 1. The van der Waals surface area contributed by atoms with Gasteiger partial charge in [-0.2, -0.15) is 5.26 Å². The maximum Gasteiger partial charge on any atom is 0.326 e. The van der Waals surface area contributed by atoms with Crippen LogP contribution in [-0.2, 0) is 12.8 Å². The predicted molar refractivity (Wildman–Crippen MR) is 94.6 cm³/mol. The van der Waals surface area contributed by atoms with Crippen LogP contribution in [0.3, 0.4) is 0 Å².